The summed E-state index contributed by atoms with van der Waals surface area (Å²) in [6.45, 7) is 6.82. The minimum Gasteiger partial charge on any atom is -0.478 e. The molecule has 4 heteroatoms. The Hall–Kier alpha value is -1.81. The maximum Gasteiger partial charge on any atom is 0.338 e. The number of aromatic nitrogens is 1. The number of carboxylic acid groups (broad SMARTS) is 1. The van der Waals surface area contributed by atoms with Crippen LogP contribution < -0.4 is 0 Å². The number of aliphatic hydroxyl groups excluding tert-OH is 1. The van der Waals surface area contributed by atoms with Crippen molar-refractivity contribution in [2.75, 3.05) is 6.61 Å². The molecule has 0 bridgehead atoms. The Morgan fingerprint density at radius 3 is 2.55 bits per heavy atom. The highest BCUT2D eigenvalue weighted by Gasteiger charge is 2.21. The van der Waals surface area contributed by atoms with Crippen LogP contribution >= 0.6 is 0 Å². The molecule has 1 aromatic carbocycles. The fourth-order valence-corrected chi connectivity index (χ4v) is 3.19. The molecular weight excluding hydrogens is 278 g/mol. The van der Waals surface area contributed by atoms with E-state index < -0.39 is 5.97 Å². The maximum atomic E-state index is 11.7. The zero-order valence-corrected chi connectivity index (χ0v) is 13.6. The molecule has 4 nitrogen and oxygen atoms in total. The molecule has 0 aliphatic carbocycles. The smallest absolute Gasteiger partial charge is 0.338 e. The molecule has 1 heterocycles. The van der Waals surface area contributed by atoms with Gasteiger partial charge in [0.25, 0.3) is 0 Å². The van der Waals surface area contributed by atoms with Crippen LogP contribution in [-0.4, -0.2) is 27.4 Å². The lowest BCUT2D eigenvalue weighted by molar-refractivity contribution is 0.0698. The molecule has 0 atom stereocenters. The minimum atomic E-state index is -0.882. The van der Waals surface area contributed by atoms with Gasteiger partial charge in [-0.05, 0) is 44.2 Å². The van der Waals surface area contributed by atoms with Crippen molar-refractivity contribution in [2.24, 2.45) is 0 Å². The van der Waals surface area contributed by atoms with Gasteiger partial charge in [0.2, 0.25) is 0 Å². The van der Waals surface area contributed by atoms with Crippen molar-refractivity contribution in [2.45, 2.75) is 53.0 Å². The molecule has 0 radical (unpaired) electrons. The average Bonchev–Trinajstić information content (AvgIpc) is 2.74. The molecule has 2 aromatic rings. The van der Waals surface area contributed by atoms with E-state index in [1.807, 2.05) is 19.1 Å². The van der Waals surface area contributed by atoms with E-state index in [1.54, 1.807) is 0 Å². The van der Waals surface area contributed by atoms with Gasteiger partial charge < -0.3 is 14.8 Å². The van der Waals surface area contributed by atoms with Gasteiger partial charge in [-0.3, -0.25) is 0 Å². The largest absolute Gasteiger partial charge is 0.478 e. The molecule has 0 amide bonds. The number of carboxylic acids is 1. The molecule has 1 aromatic heterocycles. The molecule has 0 unspecified atom stereocenters. The van der Waals surface area contributed by atoms with Gasteiger partial charge in [0.1, 0.15) is 0 Å². The van der Waals surface area contributed by atoms with Crippen LogP contribution in [-0.2, 0) is 13.0 Å². The van der Waals surface area contributed by atoms with Crippen molar-refractivity contribution in [1.82, 2.24) is 4.57 Å². The van der Waals surface area contributed by atoms with Crippen LogP contribution in [0.5, 0.6) is 0 Å². The van der Waals surface area contributed by atoms with Gasteiger partial charge in [0, 0.05) is 24.2 Å². The van der Waals surface area contributed by atoms with Gasteiger partial charge in [-0.15, -0.1) is 0 Å². The summed E-state index contributed by atoms with van der Waals surface area (Å²) >= 11 is 0. The molecule has 22 heavy (non-hydrogen) atoms. The van der Waals surface area contributed by atoms with E-state index in [0.29, 0.717) is 18.5 Å². The summed E-state index contributed by atoms with van der Waals surface area (Å²) in [6, 6.07) is 3.95. The van der Waals surface area contributed by atoms with E-state index in [2.05, 4.69) is 18.4 Å². The van der Waals surface area contributed by atoms with Crippen molar-refractivity contribution in [3.05, 3.63) is 34.5 Å². The summed E-state index contributed by atoms with van der Waals surface area (Å²) in [5.74, 6) is -0.882. The van der Waals surface area contributed by atoms with Crippen molar-refractivity contribution < 1.29 is 15.0 Å². The van der Waals surface area contributed by atoms with Crippen LogP contribution in [0.4, 0.5) is 0 Å². The zero-order chi connectivity index (χ0) is 16.3. The van der Waals surface area contributed by atoms with Crippen LogP contribution in [0.15, 0.2) is 12.1 Å². The first kappa shape index (κ1) is 16.6. The van der Waals surface area contributed by atoms with Gasteiger partial charge in [-0.2, -0.15) is 0 Å². The Kier molecular flexibility index (Phi) is 5.24. The molecule has 0 aliphatic rings. The number of aromatic carboxylic acids is 1. The van der Waals surface area contributed by atoms with Gasteiger partial charge >= 0.3 is 5.97 Å². The number of aryl methyl sites for hydroxylation is 3. The average molecular weight is 303 g/mol. The van der Waals surface area contributed by atoms with Gasteiger partial charge in [-0.25, -0.2) is 4.79 Å². The fourth-order valence-electron chi connectivity index (χ4n) is 3.19. The number of benzene rings is 1. The number of aliphatic hydroxyl groups is 1. The molecule has 0 spiro atoms. The normalized spacial score (nSPS) is 11.3. The second kappa shape index (κ2) is 6.97. The second-order valence-electron chi connectivity index (χ2n) is 5.86. The molecule has 120 valence electrons. The molecule has 2 N–H and O–H groups in total. The number of rotatable bonds is 7. The van der Waals surface area contributed by atoms with Gasteiger partial charge in [0.05, 0.1) is 11.1 Å². The molecule has 0 aliphatic heterocycles. The monoisotopic (exact) mass is 303 g/mol. The summed E-state index contributed by atoms with van der Waals surface area (Å²) in [6.07, 6.45) is 3.80. The Balaban J connectivity index is 2.74. The summed E-state index contributed by atoms with van der Waals surface area (Å²) in [5.41, 5.74) is 4.36. The third kappa shape index (κ3) is 2.88. The number of hydrogen-bond acceptors (Lipinski definition) is 2. The summed E-state index contributed by atoms with van der Waals surface area (Å²) in [7, 11) is 0. The first-order chi connectivity index (χ1) is 10.5. The second-order valence-corrected chi connectivity index (χ2v) is 5.86. The Bertz CT molecular complexity index is 685. The van der Waals surface area contributed by atoms with E-state index >= 15 is 0 Å². The third-order valence-corrected chi connectivity index (χ3v) is 4.36. The lowest BCUT2D eigenvalue weighted by Gasteiger charge is -2.10. The quantitative estimate of drug-likeness (QED) is 0.820. The van der Waals surface area contributed by atoms with Crippen molar-refractivity contribution in [3.63, 3.8) is 0 Å². The number of nitrogens with zero attached hydrogens (tertiary/aromatic N) is 1. The number of hydrogen-bond donors (Lipinski definition) is 2. The third-order valence-electron chi connectivity index (χ3n) is 4.36. The summed E-state index contributed by atoms with van der Waals surface area (Å²) < 4.78 is 2.08. The highest BCUT2D eigenvalue weighted by atomic mass is 16.4. The Morgan fingerprint density at radius 2 is 1.95 bits per heavy atom. The van der Waals surface area contributed by atoms with E-state index in [1.165, 1.54) is 5.56 Å². The lowest BCUT2D eigenvalue weighted by atomic mass is 10.0. The minimum absolute atomic E-state index is 0.109. The van der Waals surface area contributed by atoms with Crippen molar-refractivity contribution in [3.8, 4) is 0 Å². The molecular formula is C18H25NO3. The topological polar surface area (TPSA) is 62.5 Å². The van der Waals surface area contributed by atoms with E-state index in [9.17, 15) is 9.90 Å². The lowest BCUT2D eigenvalue weighted by Crippen LogP contribution is -2.08. The first-order valence-corrected chi connectivity index (χ1v) is 7.98. The van der Waals surface area contributed by atoms with Crippen LogP contribution in [0.3, 0.4) is 0 Å². The van der Waals surface area contributed by atoms with Crippen LogP contribution in [0.25, 0.3) is 10.9 Å². The molecule has 0 saturated carbocycles. The van der Waals surface area contributed by atoms with E-state index in [4.69, 9.17) is 5.11 Å². The SMILES string of the molecule is CCCCc1c(C)n(CCCO)c2c(C(=O)O)c(C)ccc12. The number of fused-ring (bicyclic) bond motifs is 1. The fraction of sp³-hybridized carbons (Fsp3) is 0.500. The summed E-state index contributed by atoms with van der Waals surface area (Å²) in [5, 5.41) is 19.8. The molecule has 2 rings (SSSR count). The summed E-state index contributed by atoms with van der Waals surface area (Å²) in [4.78, 5) is 11.7. The maximum absolute atomic E-state index is 11.7. The predicted molar refractivity (Wildman–Crippen MR) is 88.7 cm³/mol. The number of carbonyl (C=O) groups is 1. The standard InChI is InChI=1S/C18H25NO3/c1-4-5-7-14-13(3)19(10-6-11-20)17-15(14)9-8-12(2)16(17)18(21)22/h8-9,20H,4-7,10-11H2,1-3H3,(H,21,22). The van der Waals surface area contributed by atoms with E-state index in [-0.39, 0.29) is 6.61 Å². The Labute approximate surface area is 131 Å². The number of unbranched alkanes of at least 4 members (excludes halogenated alkanes) is 1. The van der Waals surface area contributed by atoms with Crippen LogP contribution in [0, 0.1) is 13.8 Å². The first-order valence-electron chi connectivity index (χ1n) is 7.98. The molecule has 0 saturated heterocycles. The van der Waals surface area contributed by atoms with Gasteiger partial charge in [0.15, 0.2) is 0 Å². The van der Waals surface area contributed by atoms with Crippen LogP contribution in [0.1, 0.15) is 53.4 Å². The Morgan fingerprint density at radius 1 is 1.23 bits per heavy atom. The highest BCUT2D eigenvalue weighted by molar-refractivity contribution is 6.05. The van der Waals surface area contributed by atoms with E-state index in [0.717, 1.165) is 41.4 Å². The molecule has 0 fully saturated rings. The zero-order valence-electron chi connectivity index (χ0n) is 13.6. The van der Waals surface area contributed by atoms with Gasteiger partial charge in [-0.1, -0.05) is 25.5 Å². The highest BCUT2D eigenvalue weighted by Crippen LogP contribution is 2.32. The van der Waals surface area contributed by atoms with Crippen LogP contribution in [0.2, 0.25) is 0 Å². The van der Waals surface area contributed by atoms with Crippen molar-refractivity contribution >= 4 is 16.9 Å². The predicted octanol–water partition coefficient (Wildman–Crippen LogP) is 3.68. The van der Waals surface area contributed by atoms with Crippen molar-refractivity contribution in [1.29, 1.82) is 0 Å².